The van der Waals surface area contributed by atoms with Gasteiger partial charge in [-0.15, -0.1) is 0 Å². The molecule has 1 heterocycles. The molecular formula is C14H25N5O. The maximum Gasteiger partial charge on any atom is 0.323 e. The number of hydrogen-bond acceptors (Lipinski definition) is 6. The predicted octanol–water partition coefficient (Wildman–Crippen LogP) is 2.69. The van der Waals surface area contributed by atoms with E-state index in [4.69, 9.17) is 4.74 Å². The molecule has 0 amide bonds. The predicted molar refractivity (Wildman–Crippen MR) is 80.2 cm³/mol. The van der Waals surface area contributed by atoms with Crippen molar-refractivity contribution in [3.63, 3.8) is 0 Å². The van der Waals surface area contributed by atoms with Crippen molar-refractivity contribution >= 4 is 11.9 Å². The van der Waals surface area contributed by atoms with Gasteiger partial charge >= 0.3 is 6.01 Å². The van der Waals surface area contributed by atoms with Gasteiger partial charge < -0.3 is 15.4 Å². The van der Waals surface area contributed by atoms with E-state index in [9.17, 15) is 0 Å². The SMILES string of the molecule is CCCOc1nc(NCC)nc(NC(C)(C)C2CC2)n1. The maximum absolute atomic E-state index is 5.53. The van der Waals surface area contributed by atoms with E-state index in [1.165, 1.54) is 12.8 Å². The van der Waals surface area contributed by atoms with Crippen molar-refractivity contribution in [1.29, 1.82) is 0 Å². The summed E-state index contributed by atoms with van der Waals surface area (Å²) in [5, 5.41) is 6.53. The molecule has 1 aromatic rings. The van der Waals surface area contributed by atoms with Crippen molar-refractivity contribution in [2.45, 2.75) is 52.5 Å². The van der Waals surface area contributed by atoms with E-state index in [2.05, 4.69) is 46.4 Å². The normalized spacial score (nSPS) is 15.0. The summed E-state index contributed by atoms with van der Waals surface area (Å²) >= 11 is 0. The van der Waals surface area contributed by atoms with Gasteiger partial charge in [0.15, 0.2) is 0 Å². The third-order valence-electron chi connectivity index (χ3n) is 3.42. The second kappa shape index (κ2) is 6.24. The van der Waals surface area contributed by atoms with Crippen molar-refractivity contribution in [1.82, 2.24) is 15.0 Å². The molecule has 1 aromatic heterocycles. The first-order chi connectivity index (χ1) is 9.55. The molecule has 0 saturated heterocycles. The molecule has 6 heteroatoms. The summed E-state index contributed by atoms with van der Waals surface area (Å²) in [6, 6.07) is 0.381. The Labute approximate surface area is 120 Å². The first-order valence-electron chi connectivity index (χ1n) is 7.46. The lowest BCUT2D eigenvalue weighted by atomic mass is 9.99. The summed E-state index contributed by atoms with van der Waals surface area (Å²) in [6.07, 6.45) is 3.47. The van der Waals surface area contributed by atoms with Crippen LogP contribution in [0.5, 0.6) is 6.01 Å². The van der Waals surface area contributed by atoms with Crippen LogP contribution in [0.3, 0.4) is 0 Å². The Hall–Kier alpha value is -1.59. The Morgan fingerprint density at radius 3 is 2.45 bits per heavy atom. The molecule has 1 aliphatic rings. The average Bonchev–Trinajstić information content (AvgIpc) is 3.20. The van der Waals surface area contributed by atoms with E-state index in [1.807, 2.05) is 6.92 Å². The van der Waals surface area contributed by atoms with Gasteiger partial charge in [-0.05, 0) is 46.0 Å². The fraction of sp³-hybridized carbons (Fsp3) is 0.786. The first-order valence-corrected chi connectivity index (χ1v) is 7.46. The van der Waals surface area contributed by atoms with Gasteiger partial charge in [0.05, 0.1) is 6.61 Å². The highest BCUT2D eigenvalue weighted by atomic mass is 16.5. The molecule has 0 unspecified atom stereocenters. The highest BCUT2D eigenvalue weighted by molar-refractivity contribution is 5.38. The van der Waals surface area contributed by atoms with Crippen LogP contribution in [0.2, 0.25) is 0 Å². The lowest BCUT2D eigenvalue weighted by Crippen LogP contribution is -2.34. The van der Waals surface area contributed by atoms with Gasteiger partial charge in [-0.3, -0.25) is 0 Å². The van der Waals surface area contributed by atoms with Crippen molar-refractivity contribution in [2.24, 2.45) is 5.92 Å². The smallest absolute Gasteiger partial charge is 0.323 e. The van der Waals surface area contributed by atoms with Crippen molar-refractivity contribution in [3.05, 3.63) is 0 Å². The van der Waals surface area contributed by atoms with E-state index in [1.54, 1.807) is 0 Å². The molecule has 0 atom stereocenters. The zero-order chi connectivity index (χ0) is 14.6. The Morgan fingerprint density at radius 2 is 1.85 bits per heavy atom. The molecule has 6 nitrogen and oxygen atoms in total. The molecule has 20 heavy (non-hydrogen) atoms. The minimum atomic E-state index is 0.00681. The molecule has 1 saturated carbocycles. The molecule has 0 radical (unpaired) electrons. The van der Waals surface area contributed by atoms with Crippen molar-refractivity contribution in [2.75, 3.05) is 23.8 Å². The number of rotatable bonds is 8. The second-order valence-electron chi connectivity index (χ2n) is 5.76. The number of hydrogen-bond donors (Lipinski definition) is 2. The van der Waals surface area contributed by atoms with E-state index < -0.39 is 0 Å². The minimum absolute atomic E-state index is 0.00681. The van der Waals surface area contributed by atoms with Gasteiger partial charge in [0.25, 0.3) is 0 Å². The monoisotopic (exact) mass is 279 g/mol. The first kappa shape index (κ1) is 14.8. The number of nitrogens with zero attached hydrogens (tertiary/aromatic N) is 3. The number of anilines is 2. The highest BCUT2D eigenvalue weighted by Crippen LogP contribution is 2.40. The van der Waals surface area contributed by atoms with E-state index >= 15 is 0 Å². The summed E-state index contributed by atoms with van der Waals surface area (Å²) in [5.41, 5.74) is 0.00681. The zero-order valence-electron chi connectivity index (χ0n) is 12.9. The van der Waals surface area contributed by atoms with Crippen LogP contribution in [0.4, 0.5) is 11.9 Å². The van der Waals surface area contributed by atoms with Crippen LogP contribution < -0.4 is 15.4 Å². The Balaban J connectivity index is 2.14. The Morgan fingerprint density at radius 1 is 1.15 bits per heavy atom. The summed E-state index contributed by atoms with van der Waals surface area (Å²) < 4.78 is 5.53. The molecular weight excluding hydrogens is 254 g/mol. The Bertz CT molecular complexity index is 445. The lowest BCUT2D eigenvalue weighted by Gasteiger charge is -2.26. The van der Waals surface area contributed by atoms with Gasteiger partial charge in [0.1, 0.15) is 0 Å². The molecule has 1 fully saturated rings. The second-order valence-corrected chi connectivity index (χ2v) is 5.76. The van der Waals surface area contributed by atoms with Crippen LogP contribution >= 0.6 is 0 Å². The third-order valence-corrected chi connectivity index (χ3v) is 3.42. The number of ether oxygens (including phenoxy) is 1. The summed E-state index contributed by atoms with van der Waals surface area (Å²) in [7, 11) is 0. The van der Waals surface area contributed by atoms with Gasteiger partial charge in [0, 0.05) is 12.1 Å². The lowest BCUT2D eigenvalue weighted by molar-refractivity contribution is 0.292. The van der Waals surface area contributed by atoms with E-state index in [0.717, 1.165) is 13.0 Å². The minimum Gasteiger partial charge on any atom is -0.463 e. The number of nitrogens with one attached hydrogen (secondary N) is 2. The van der Waals surface area contributed by atoms with Crippen LogP contribution in [0, 0.1) is 5.92 Å². The standard InChI is InChI=1S/C14H25N5O/c1-5-9-20-13-17-11(15-6-2)16-12(18-13)19-14(3,4)10-7-8-10/h10H,5-9H2,1-4H3,(H2,15,16,17,18,19). The van der Waals surface area contributed by atoms with Crippen molar-refractivity contribution < 1.29 is 4.74 Å². The fourth-order valence-corrected chi connectivity index (χ4v) is 2.10. The number of aromatic nitrogens is 3. The van der Waals surface area contributed by atoms with Crippen LogP contribution in [-0.4, -0.2) is 33.6 Å². The van der Waals surface area contributed by atoms with Gasteiger partial charge in [0.2, 0.25) is 11.9 Å². The fourth-order valence-electron chi connectivity index (χ4n) is 2.10. The van der Waals surface area contributed by atoms with Crippen LogP contribution in [-0.2, 0) is 0 Å². The molecule has 0 aliphatic heterocycles. The molecule has 0 aromatic carbocycles. The molecule has 1 aliphatic carbocycles. The van der Waals surface area contributed by atoms with E-state index in [-0.39, 0.29) is 5.54 Å². The maximum atomic E-state index is 5.53. The summed E-state index contributed by atoms with van der Waals surface area (Å²) in [4.78, 5) is 13.0. The topological polar surface area (TPSA) is 72.0 Å². The van der Waals surface area contributed by atoms with Gasteiger partial charge in [-0.1, -0.05) is 6.92 Å². The van der Waals surface area contributed by atoms with Crippen LogP contribution in [0.25, 0.3) is 0 Å². The van der Waals surface area contributed by atoms with Crippen LogP contribution in [0.1, 0.15) is 47.0 Å². The zero-order valence-corrected chi connectivity index (χ0v) is 12.9. The molecule has 0 spiro atoms. The van der Waals surface area contributed by atoms with Gasteiger partial charge in [-0.2, -0.15) is 15.0 Å². The highest BCUT2D eigenvalue weighted by Gasteiger charge is 2.38. The van der Waals surface area contributed by atoms with E-state index in [0.29, 0.717) is 30.4 Å². The Kier molecular flexibility index (Phi) is 4.62. The van der Waals surface area contributed by atoms with Crippen molar-refractivity contribution in [3.8, 4) is 6.01 Å². The largest absolute Gasteiger partial charge is 0.463 e. The quantitative estimate of drug-likeness (QED) is 0.762. The summed E-state index contributed by atoms with van der Waals surface area (Å²) in [6.45, 7) is 9.82. The molecule has 0 bridgehead atoms. The van der Waals surface area contributed by atoms with Crippen LogP contribution in [0.15, 0.2) is 0 Å². The third kappa shape index (κ3) is 3.95. The molecule has 2 N–H and O–H groups in total. The summed E-state index contributed by atoms with van der Waals surface area (Å²) in [5.74, 6) is 1.84. The van der Waals surface area contributed by atoms with Gasteiger partial charge in [-0.25, -0.2) is 0 Å². The molecule has 112 valence electrons. The average molecular weight is 279 g/mol. The molecule has 2 rings (SSSR count).